The van der Waals surface area contributed by atoms with E-state index in [-0.39, 0.29) is 12.5 Å². The summed E-state index contributed by atoms with van der Waals surface area (Å²) in [5.74, 6) is -1.22. The van der Waals surface area contributed by atoms with E-state index in [1.807, 2.05) is 6.92 Å². The number of hydrogen-bond acceptors (Lipinski definition) is 3. The van der Waals surface area contributed by atoms with Gasteiger partial charge >= 0.3 is 5.97 Å². The van der Waals surface area contributed by atoms with E-state index in [2.05, 4.69) is 5.10 Å². The van der Waals surface area contributed by atoms with Crippen molar-refractivity contribution in [2.45, 2.75) is 26.3 Å². The Labute approximate surface area is 99.8 Å². The minimum Gasteiger partial charge on any atom is -0.480 e. The lowest BCUT2D eigenvalue weighted by molar-refractivity contribution is -0.145. The van der Waals surface area contributed by atoms with E-state index in [1.54, 1.807) is 25.4 Å². The maximum absolute atomic E-state index is 12.1. The zero-order valence-electron chi connectivity index (χ0n) is 10.0. The van der Waals surface area contributed by atoms with E-state index >= 15 is 0 Å². The number of aliphatic carboxylic acids is 1. The molecular weight excluding hydrogens is 222 g/mol. The Kier molecular flexibility index (Phi) is 4.68. The van der Waals surface area contributed by atoms with Gasteiger partial charge < -0.3 is 10.0 Å². The van der Waals surface area contributed by atoms with Crippen molar-refractivity contribution in [2.24, 2.45) is 0 Å². The Balaban J connectivity index is 2.73. The third-order valence-corrected chi connectivity index (χ3v) is 2.41. The normalized spacial score (nSPS) is 12.1. The molecule has 94 valence electrons. The van der Waals surface area contributed by atoms with E-state index < -0.39 is 12.0 Å². The number of amides is 1. The summed E-state index contributed by atoms with van der Waals surface area (Å²) < 4.78 is 1.52. The van der Waals surface area contributed by atoms with Gasteiger partial charge in [0.25, 0.3) is 0 Å². The molecule has 1 heterocycles. The molecule has 0 aliphatic heterocycles. The number of carbonyl (C=O) groups excluding carboxylic acids is 1. The minimum atomic E-state index is -1.00. The molecule has 0 saturated carbocycles. The maximum atomic E-state index is 12.1. The molecule has 1 rings (SSSR count). The van der Waals surface area contributed by atoms with E-state index in [4.69, 9.17) is 5.11 Å². The first-order valence-corrected chi connectivity index (χ1v) is 5.56. The van der Waals surface area contributed by atoms with Crippen molar-refractivity contribution >= 4 is 11.9 Å². The number of carboxylic acids is 1. The van der Waals surface area contributed by atoms with Crippen LogP contribution in [0.25, 0.3) is 0 Å². The molecule has 1 atom stereocenters. The van der Waals surface area contributed by atoms with Crippen molar-refractivity contribution in [3.8, 4) is 0 Å². The molecule has 1 amide bonds. The number of aromatic nitrogens is 2. The summed E-state index contributed by atoms with van der Waals surface area (Å²) in [4.78, 5) is 24.1. The van der Waals surface area contributed by atoms with Gasteiger partial charge in [-0.2, -0.15) is 5.10 Å². The fraction of sp³-hybridized carbons (Fsp3) is 0.545. The van der Waals surface area contributed by atoms with Crippen LogP contribution in [0.2, 0.25) is 0 Å². The number of rotatable bonds is 6. The molecule has 0 aliphatic rings. The number of hydrogen-bond donors (Lipinski definition) is 1. The van der Waals surface area contributed by atoms with Crippen molar-refractivity contribution in [3.05, 3.63) is 18.5 Å². The molecular formula is C11H17N3O3. The predicted molar refractivity (Wildman–Crippen MR) is 61.4 cm³/mol. The highest BCUT2D eigenvalue weighted by molar-refractivity contribution is 5.83. The Bertz CT molecular complexity index is 375. The van der Waals surface area contributed by atoms with Crippen LogP contribution in [-0.4, -0.2) is 44.8 Å². The van der Waals surface area contributed by atoms with Gasteiger partial charge in [0.15, 0.2) is 0 Å². The van der Waals surface area contributed by atoms with Gasteiger partial charge in [0.1, 0.15) is 12.6 Å². The van der Waals surface area contributed by atoms with E-state index in [0.717, 1.165) is 6.42 Å². The van der Waals surface area contributed by atoms with Gasteiger partial charge in [-0.05, 0) is 19.4 Å². The zero-order valence-corrected chi connectivity index (χ0v) is 10.0. The topological polar surface area (TPSA) is 75.4 Å². The van der Waals surface area contributed by atoms with Crippen molar-refractivity contribution in [1.82, 2.24) is 14.7 Å². The zero-order chi connectivity index (χ0) is 12.8. The highest BCUT2D eigenvalue weighted by atomic mass is 16.4. The molecule has 0 radical (unpaired) electrons. The molecule has 0 fully saturated rings. The molecule has 0 aliphatic carbocycles. The van der Waals surface area contributed by atoms with Gasteiger partial charge in [-0.15, -0.1) is 0 Å². The Morgan fingerprint density at radius 3 is 2.71 bits per heavy atom. The lowest BCUT2D eigenvalue weighted by Crippen LogP contribution is -2.40. The second kappa shape index (κ2) is 6.03. The third-order valence-electron chi connectivity index (χ3n) is 2.41. The van der Waals surface area contributed by atoms with Crippen LogP contribution in [0.15, 0.2) is 18.5 Å². The smallest absolute Gasteiger partial charge is 0.323 e. The van der Waals surface area contributed by atoms with Gasteiger partial charge in [0, 0.05) is 18.9 Å². The van der Waals surface area contributed by atoms with Gasteiger partial charge in [0.2, 0.25) is 5.91 Å². The highest BCUT2D eigenvalue weighted by Crippen LogP contribution is 2.09. The first kappa shape index (κ1) is 13.2. The van der Waals surface area contributed by atoms with E-state index in [0.29, 0.717) is 6.54 Å². The molecule has 0 aromatic carbocycles. The van der Waals surface area contributed by atoms with Crippen LogP contribution in [0, 0.1) is 0 Å². The Morgan fingerprint density at radius 1 is 1.53 bits per heavy atom. The molecule has 0 spiro atoms. The van der Waals surface area contributed by atoms with Crippen LogP contribution in [0.1, 0.15) is 26.3 Å². The predicted octanol–water partition coefficient (Wildman–Crippen LogP) is 0.767. The van der Waals surface area contributed by atoms with Crippen molar-refractivity contribution in [1.29, 1.82) is 0 Å². The second-order valence-corrected chi connectivity index (χ2v) is 3.82. The van der Waals surface area contributed by atoms with Crippen LogP contribution in [0.3, 0.4) is 0 Å². The summed E-state index contributed by atoms with van der Waals surface area (Å²) in [6.45, 7) is 3.79. The summed E-state index contributed by atoms with van der Waals surface area (Å²) >= 11 is 0. The van der Waals surface area contributed by atoms with Crippen LogP contribution in [-0.2, 0) is 9.59 Å². The molecule has 1 aromatic heterocycles. The summed E-state index contributed by atoms with van der Waals surface area (Å²) in [7, 11) is 0. The first-order chi connectivity index (χ1) is 8.06. The monoisotopic (exact) mass is 239 g/mol. The van der Waals surface area contributed by atoms with Crippen LogP contribution in [0.5, 0.6) is 0 Å². The van der Waals surface area contributed by atoms with Crippen molar-refractivity contribution in [2.75, 3.05) is 13.1 Å². The maximum Gasteiger partial charge on any atom is 0.323 e. The van der Waals surface area contributed by atoms with Gasteiger partial charge in [-0.25, -0.2) is 0 Å². The van der Waals surface area contributed by atoms with Gasteiger partial charge in [-0.1, -0.05) is 6.92 Å². The van der Waals surface area contributed by atoms with Crippen LogP contribution < -0.4 is 0 Å². The molecule has 6 heteroatoms. The molecule has 1 N–H and O–H groups in total. The summed E-state index contributed by atoms with van der Waals surface area (Å²) in [6.07, 6.45) is 4.00. The number of carboxylic acid groups (broad SMARTS) is 1. The van der Waals surface area contributed by atoms with Gasteiger partial charge in [-0.3, -0.25) is 14.3 Å². The molecule has 0 bridgehead atoms. The average molecular weight is 239 g/mol. The van der Waals surface area contributed by atoms with Crippen LogP contribution >= 0.6 is 0 Å². The first-order valence-electron chi connectivity index (χ1n) is 5.56. The molecule has 6 nitrogen and oxygen atoms in total. The number of carbonyl (C=O) groups is 2. The largest absolute Gasteiger partial charge is 0.480 e. The van der Waals surface area contributed by atoms with E-state index in [9.17, 15) is 9.59 Å². The summed E-state index contributed by atoms with van der Waals surface area (Å²) in [6, 6.07) is 1.25. The van der Waals surface area contributed by atoms with Crippen LogP contribution in [0.4, 0.5) is 0 Å². The summed E-state index contributed by atoms with van der Waals surface area (Å²) in [5.41, 5.74) is 0. The van der Waals surface area contributed by atoms with Crippen molar-refractivity contribution < 1.29 is 14.7 Å². The molecule has 0 saturated heterocycles. The fourth-order valence-corrected chi connectivity index (χ4v) is 1.59. The molecule has 0 unspecified atom stereocenters. The quantitative estimate of drug-likeness (QED) is 0.795. The third kappa shape index (κ3) is 3.58. The standard InChI is InChI=1S/C11H17N3O3/c1-3-6-13(8-10(15)16)11(17)9(2)14-7-4-5-12-14/h4-5,7,9H,3,6,8H2,1-2H3,(H,15,16)/t9-/m0/s1. The van der Waals surface area contributed by atoms with E-state index in [1.165, 1.54) is 9.58 Å². The van der Waals surface area contributed by atoms with Gasteiger partial charge in [0.05, 0.1) is 0 Å². The van der Waals surface area contributed by atoms with Crippen molar-refractivity contribution in [3.63, 3.8) is 0 Å². The second-order valence-electron chi connectivity index (χ2n) is 3.82. The highest BCUT2D eigenvalue weighted by Gasteiger charge is 2.23. The molecule has 17 heavy (non-hydrogen) atoms. The minimum absolute atomic E-state index is 0.224. The SMILES string of the molecule is CCCN(CC(=O)O)C(=O)[C@H](C)n1cccn1. The average Bonchev–Trinajstić information content (AvgIpc) is 2.79. The fourth-order valence-electron chi connectivity index (χ4n) is 1.59. The Hall–Kier alpha value is -1.85. The Morgan fingerprint density at radius 2 is 2.24 bits per heavy atom. The summed E-state index contributed by atoms with van der Waals surface area (Å²) in [5, 5.41) is 12.7. The lowest BCUT2D eigenvalue weighted by atomic mass is 10.2. The number of nitrogens with zero attached hydrogens (tertiary/aromatic N) is 3. The lowest BCUT2D eigenvalue weighted by Gasteiger charge is -2.23. The molecule has 1 aromatic rings.